The maximum absolute atomic E-state index is 10.8. The zero-order valence-electron chi connectivity index (χ0n) is 27.1. The molecule has 0 aliphatic rings. The van der Waals surface area contributed by atoms with Crippen LogP contribution in [0.4, 0.5) is 0 Å². The standard InChI is InChI=1S/C19H34O.C19H32O.CH4/c2*1-3-4-5-6-7-8-9-10-11-12-13-14-15-16-17-18-19(2)20;/h7-8,10-11H,3-6,9,12-18H2,1-2H3;4-5,7-8,10-11H,3,6,9,12-18H2,1-2H3;1H4/b8-7-,11-10-;5-4-,8-7-,11-10-;. The maximum atomic E-state index is 10.8. The molecule has 0 spiro atoms. The van der Waals surface area contributed by atoms with Crippen molar-refractivity contribution in [3.8, 4) is 0 Å². The fraction of sp³-hybridized carbons (Fsp3) is 0.692. The van der Waals surface area contributed by atoms with Crippen molar-refractivity contribution in [1.29, 1.82) is 0 Å². The first-order chi connectivity index (χ1) is 19.5. The van der Waals surface area contributed by atoms with Crippen LogP contribution in [0, 0.1) is 0 Å². The summed E-state index contributed by atoms with van der Waals surface area (Å²) in [6, 6.07) is 0. The van der Waals surface area contributed by atoms with E-state index in [9.17, 15) is 9.59 Å². The third kappa shape index (κ3) is 48.1. The van der Waals surface area contributed by atoms with E-state index in [0.717, 1.165) is 51.4 Å². The van der Waals surface area contributed by atoms with Gasteiger partial charge in [-0.1, -0.05) is 133 Å². The second kappa shape index (κ2) is 40.2. The Hall–Kier alpha value is -1.96. The molecule has 0 aliphatic heterocycles. The van der Waals surface area contributed by atoms with Crippen molar-refractivity contribution in [2.75, 3.05) is 0 Å². The summed E-state index contributed by atoms with van der Waals surface area (Å²) in [5, 5.41) is 0. The van der Waals surface area contributed by atoms with Gasteiger partial charge < -0.3 is 9.59 Å². The Balaban J connectivity index is -0.000000688. The largest absolute Gasteiger partial charge is 0.300 e. The number of hydrogen-bond donors (Lipinski definition) is 0. The Morgan fingerprint density at radius 3 is 1.10 bits per heavy atom. The van der Waals surface area contributed by atoms with Gasteiger partial charge in [0.1, 0.15) is 11.6 Å². The van der Waals surface area contributed by atoms with E-state index < -0.39 is 0 Å². The van der Waals surface area contributed by atoms with Gasteiger partial charge in [0.05, 0.1) is 0 Å². The molecule has 0 atom stereocenters. The highest BCUT2D eigenvalue weighted by atomic mass is 16.1. The Bertz CT molecular complexity index is 678. The quantitative estimate of drug-likeness (QED) is 0.0727. The maximum Gasteiger partial charge on any atom is 0.129 e. The van der Waals surface area contributed by atoms with Crippen LogP contribution in [0.3, 0.4) is 0 Å². The van der Waals surface area contributed by atoms with Crippen molar-refractivity contribution in [2.45, 2.75) is 176 Å². The molecule has 0 radical (unpaired) electrons. The fourth-order valence-corrected chi connectivity index (χ4v) is 4.18. The molecule has 0 N–H and O–H groups in total. The number of ketones is 2. The predicted molar refractivity (Wildman–Crippen MR) is 187 cm³/mol. The summed E-state index contributed by atoms with van der Waals surface area (Å²) in [7, 11) is 0. The average Bonchev–Trinajstić information content (AvgIpc) is 2.93. The van der Waals surface area contributed by atoms with Gasteiger partial charge in [-0.25, -0.2) is 0 Å². The molecule has 0 bridgehead atoms. The monoisotopic (exact) mass is 571 g/mol. The average molecular weight is 571 g/mol. The van der Waals surface area contributed by atoms with Crippen molar-refractivity contribution < 1.29 is 9.59 Å². The smallest absolute Gasteiger partial charge is 0.129 e. The molecule has 41 heavy (non-hydrogen) atoms. The van der Waals surface area contributed by atoms with Crippen LogP contribution in [0.2, 0.25) is 0 Å². The lowest BCUT2D eigenvalue weighted by Crippen LogP contribution is -1.89. The fourth-order valence-electron chi connectivity index (χ4n) is 4.18. The Morgan fingerprint density at radius 2 is 0.732 bits per heavy atom. The van der Waals surface area contributed by atoms with Crippen LogP contribution in [-0.2, 0) is 9.59 Å². The summed E-state index contributed by atoms with van der Waals surface area (Å²) < 4.78 is 0. The molecule has 0 amide bonds. The van der Waals surface area contributed by atoms with Crippen LogP contribution < -0.4 is 0 Å². The Kier molecular flexibility index (Phi) is 42.6. The molecule has 0 saturated heterocycles. The molecule has 238 valence electrons. The molecule has 0 aliphatic carbocycles. The van der Waals surface area contributed by atoms with Crippen LogP contribution in [0.15, 0.2) is 60.8 Å². The summed E-state index contributed by atoms with van der Waals surface area (Å²) in [5.74, 6) is 0.654. The number of hydrogen-bond acceptors (Lipinski definition) is 2. The third-order valence-corrected chi connectivity index (χ3v) is 6.66. The summed E-state index contributed by atoms with van der Waals surface area (Å²) in [4.78, 5) is 21.5. The van der Waals surface area contributed by atoms with Gasteiger partial charge in [0, 0.05) is 12.8 Å². The first-order valence-corrected chi connectivity index (χ1v) is 16.8. The molecular formula is C39H70O2. The van der Waals surface area contributed by atoms with Crippen molar-refractivity contribution in [2.24, 2.45) is 0 Å². The van der Waals surface area contributed by atoms with Gasteiger partial charge in [0.2, 0.25) is 0 Å². The number of Topliss-reactive ketones (excluding diaryl/α,β-unsaturated/α-hetero) is 2. The van der Waals surface area contributed by atoms with E-state index in [0.29, 0.717) is 11.6 Å². The van der Waals surface area contributed by atoms with Gasteiger partial charge in [0.25, 0.3) is 0 Å². The second-order valence-corrected chi connectivity index (χ2v) is 11.0. The minimum Gasteiger partial charge on any atom is -0.300 e. The minimum absolute atomic E-state index is 0. The molecule has 2 heteroatoms. The van der Waals surface area contributed by atoms with E-state index in [1.165, 1.54) is 89.9 Å². The van der Waals surface area contributed by atoms with Gasteiger partial charge in [-0.2, -0.15) is 0 Å². The van der Waals surface area contributed by atoms with Crippen LogP contribution in [0.1, 0.15) is 176 Å². The molecule has 2 nitrogen and oxygen atoms in total. The summed E-state index contributed by atoms with van der Waals surface area (Å²) >= 11 is 0. The Morgan fingerprint density at radius 1 is 0.415 bits per heavy atom. The van der Waals surface area contributed by atoms with Crippen molar-refractivity contribution in [1.82, 2.24) is 0 Å². The third-order valence-electron chi connectivity index (χ3n) is 6.66. The van der Waals surface area contributed by atoms with E-state index in [4.69, 9.17) is 0 Å². The van der Waals surface area contributed by atoms with Crippen molar-refractivity contribution >= 4 is 11.6 Å². The normalized spacial score (nSPS) is 11.6. The minimum atomic E-state index is 0. The van der Waals surface area contributed by atoms with Gasteiger partial charge in [-0.15, -0.1) is 0 Å². The summed E-state index contributed by atoms with van der Waals surface area (Å²) in [5.41, 5.74) is 0. The molecular weight excluding hydrogens is 500 g/mol. The molecule has 0 unspecified atom stereocenters. The first-order valence-electron chi connectivity index (χ1n) is 16.8. The lowest BCUT2D eigenvalue weighted by Gasteiger charge is -1.98. The van der Waals surface area contributed by atoms with Gasteiger partial charge in [-0.05, 0) is 90.9 Å². The molecule has 0 aromatic carbocycles. The number of rotatable bonds is 27. The summed E-state index contributed by atoms with van der Waals surface area (Å²) in [6.07, 6.45) is 48.4. The number of allylic oxidation sites excluding steroid dienone is 10. The van der Waals surface area contributed by atoms with E-state index in [1.807, 2.05) is 0 Å². The van der Waals surface area contributed by atoms with E-state index >= 15 is 0 Å². The molecule has 0 rings (SSSR count). The lowest BCUT2D eigenvalue weighted by atomic mass is 10.1. The first kappa shape index (κ1) is 43.5. The van der Waals surface area contributed by atoms with Gasteiger partial charge in [-0.3, -0.25) is 0 Å². The molecule has 0 aromatic heterocycles. The Labute approximate surface area is 257 Å². The van der Waals surface area contributed by atoms with Crippen LogP contribution in [0.5, 0.6) is 0 Å². The second-order valence-electron chi connectivity index (χ2n) is 11.0. The highest BCUT2D eigenvalue weighted by molar-refractivity contribution is 5.75. The summed E-state index contributed by atoms with van der Waals surface area (Å²) in [6.45, 7) is 7.77. The molecule has 0 fully saturated rings. The lowest BCUT2D eigenvalue weighted by molar-refractivity contribution is -0.117. The zero-order valence-corrected chi connectivity index (χ0v) is 27.1. The van der Waals surface area contributed by atoms with Crippen LogP contribution >= 0.6 is 0 Å². The van der Waals surface area contributed by atoms with E-state index in [1.54, 1.807) is 13.8 Å². The van der Waals surface area contributed by atoms with Crippen LogP contribution in [0.25, 0.3) is 0 Å². The van der Waals surface area contributed by atoms with E-state index in [-0.39, 0.29) is 7.43 Å². The van der Waals surface area contributed by atoms with Crippen molar-refractivity contribution in [3.05, 3.63) is 60.8 Å². The predicted octanol–water partition coefficient (Wildman–Crippen LogP) is 13.2. The number of carbonyl (C=O) groups excluding carboxylic acids is 2. The number of unbranched alkanes of at least 4 members (excludes halogenated alkanes) is 13. The molecule has 0 aromatic rings. The van der Waals surface area contributed by atoms with E-state index in [2.05, 4.69) is 74.6 Å². The highest BCUT2D eigenvalue weighted by Crippen LogP contribution is 2.09. The molecule has 0 heterocycles. The van der Waals surface area contributed by atoms with Gasteiger partial charge in [0.15, 0.2) is 0 Å². The number of carbonyl (C=O) groups is 2. The van der Waals surface area contributed by atoms with Crippen molar-refractivity contribution in [3.63, 3.8) is 0 Å². The molecule has 0 saturated carbocycles. The topological polar surface area (TPSA) is 34.1 Å². The van der Waals surface area contributed by atoms with Crippen LogP contribution in [-0.4, -0.2) is 11.6 Å². The highest BCUT2D eigenvalue weighted by Gasteiger charge is 1.94. The van der Waals surface area contributed by atoms with Gasteiger partial charge >= 0.3 is 0 Å². The SMILES string of the molecule is C.CC/C=C\C/C=C\C/C=C\CCCCCCCC(C)=O.CCCCC/C=C\C/C=C\CCCCCCCC(C)=O. The zero-order chi connectivity index (χ0) is 29.8.